The summed E-state index contributed by atoms with van der Waals surface area (Å²) in [5.74, 6) is -0.282. The van der Waals surface area contributed by atoms with E-state index in [1.807, 2.05) is 36.1 Å². The van der Waals surface area contributed by atoms with E-state index in [0.29, 0.717) is 11.8 Å². The molecule has 0 unspecified atom stereocenters. The molecule has 0 radical (unpaired) electrons. The summed E-state index contributed by atoms with van der Waals surface area (Å²) in [5.41, 5.74) is 6.19. The maximum Gasteiger partial charge on any atom is 0.335 e. The molecule has 2 aromatic heterocycles. The number of nitrogens with zero attached hydrogens (tertiary/aromatic N) is 3. The van der Waals surface area contributed by atoms with Gasteiger partial charge in [-0.3, -0.25) is 4.98 Å². The lowest BCUT2D eigenvalue weighted by atomic mass is 10.00. The third-order valence-corrected chi connectivity index (χ3v) is 4.66. The molecule has 0 saturated heterocycles. The quantitative estimate of drug-likeness (QED) is 0.685. The maximum absolute atomic E-state index is 11.0. The highest BCUT2D eigenvalue weighted by molar-refractivity contribution is 5.88. The van der Waals surface area contributed by atoms with Crippen LogP contribution in [0.4, 0.5) is 0 Å². The molecule has 3 aromatic rings. The van der Waals surface area contributed by atoms with Gasteiger partial charge >= 0.3 is 5.97 Å². The number of carbonyl (C=O) groups is 1. The Bertz CT molecular complexity index is 970. The Morgan fingerprint density at radius 2 is 1.63 bits per heavy atom. The summed E-state index contributed by atoms with van der Waals surface area (Å²) < 4.78 is 2.03. The third-order valence-electron chi connectivity index (χ3n) is 4.66. The van der Waals surface area contributed by atoms with Gasteiger partial charge in [0.25, 0.3) is 0 Å². The number of aryl methyl sites for hydroxylation is 1. The first-order valence-corrected chi connectivity index (χ1v) is 9.15. The highest BCUT2D eigenvalue weighted by atomic mass is 16.4. The molecule has 1 N–H and O–H groups in total. The van der Waals surface area contributed by atoms with Crippen LogP contribution in [-0.2, 0) is 7.05 Å². The second kappa shape index (κ2) is 7.35. The van der Waals surface area contributed by atoms with Crippen LogP contribution in [0.25, 0.3) is 22.5 Å². The molecule has 3 rings (SSSR count). The van der Waals surface area contributed by atoms with Crippen LogP contribution in [0.2, 0.25) is 0 Å². The number of carboxylic acids is 1. The zero-order valence-electron chi connectivity index (χ0n) is 16.4. The van der Waals surface area contributed by atoms with Gasteiger partial charge in [-0.2, -0.15) is 0 Å². The lowest BCUT2D eigenvalue weighted by molar-refractivity contribution is 0.0697. The minimum Gasteiger partial charge on any atom is -0.478 e. The SMILES string of the molecule is CC(C)c1ncc(-c2cc(-c3ccc(C(=O)O)cc3)cn2C)nc1C(C)C. The van der Waals surface area contributed by atoms with Crippen LogP contribution in [-0.4, -0.2) is 25.6 Å². The first-order valence-electron chi connectivity index (χ1n) is 9.15. The minimum absolute atomic E-state index is 0.284. The van der Waals surface area contributed by atoms with E-state index in [2.05, 4.69) is 38.7 Å². The molecule has 0 amide bonds. The number of carboxylic acid groups (broad SMARTS) is 1. The van der Waals surface area contributed by atoms with Crippen LogP contribution < -0.4 is 0 Å². The largest absolute Gasteiger partial charge is 0.478 e. The molecule has 5 nitrogen and oxygen atoms in total. The van der Waals surface area contributed by atoms with Gasteiger partial charge in [0.1, 0.15) is 5.69 Å². The molecule has 140 valence electrons. The third kappa shape index (κ3) is 3.77. The molecule has 0 spiro atoms. The monoisotopic (exact) mass is 363 g/mol. The fourth-order valence-corrected chi connectivity index (χ4v) is 3.19. The molecule has 0 saturated carbocycles. The molecule has 0 aliphatic rings. The van der Waals surface area contributed by atoms with E-state index >= 15 is 0 Å². The molecule has 0 aliphatic heterocycles. The van der Waals surface area contributed by atoms with E-state index in [0.717, 1.165) is 33.9 Å². The van der Waals surface area contributed by atoms with Gasteiger partial charge in [-0.05, 0) is 35.6 Å². The molecule has 0 bridgehead atoms. The van der Waals surface area contributed by atoms with Gasteiger partial charge in [0, 0.05) is 18.8 Å². The number of aromatic nitrogens is 3. The van der Waals surface area contributed by atoms with Gasteiger partial charge < -0.3 is 9.67 Å². The van der Waals surface area contributed by atoms with Crippen molar-refractivity contribution in [3.63, 3.8) is 0 Å². The summed E-state index contributed by atoms with van der Waals surface area (Å²) in [7, 11) is 1.98. The average Bonchev–Trinajstić information content (AvgIpc) is 3.02. The lowest BCUT2D eigenvalue weighted by Gasteiger charge is -2.15. The second-order valence-corrected chi connectivity index (χ2v) is 7.44. The Kier molecular flexibility index (Phi) is 5.13. The van der Waals surface area contributed by atoms with Gasteiger partial charge in [0.05, 0.1) is 28.8 Å². The van der Waals surface area contributed by atoms with E-state index in [1.165, 1.54) is 0 Å². The van der Waals surface area contributed by atoms with Crippen LogP contribution in [0.5, 0.6) is 0 Å². The van der Waals surface area contributed by atoms with Crippen LogP contribution in [0, 0.1) is 0 Å². The van der Waals surface area contributed by atoms with Crippen molar-refractivity contribution in [2.24, 2.45) is 7.05 Å². The Morgan fingerprint density at radius 3 is 2.19 bits per heavy atom. The topological polar surface area (TPSA) is 68.0 Å². The van der Waals surface area contributed by atoms with Crippen molar-refractivity contribution in [2.45, 2.75) is 39.5 Å². The molecule has 1 aromatic carbocycles. The van der Waals surface area contributed by atoms with Crippen molar-refractivity contribution in [2.75, 3.05) is 0 Å². The van der Waals surface area contributed by atoms with Crippen LogP contribution in [0.15, 0.2) is 42.7 Å². The molecular formula is C22H25N3O2. The van der Waals surface area contributed by atoms with Gasteiger partial charge in [-0.25, -0.2) is 9.78 Å². The van der Waals surface area contributed by atoms with Crippen molar-refractivity contribution < 1.29 is 9.90 Å². The van der Waals surface area contributed by atoms with Crippen molar-refractivity contribution in [1.82, 2.24) is 14.5 Å². The average molecular weight is 363 g/mol. The molecule has 5 heteroatoms. The first-order chi connectivity index (χ1) is 12.8. The van der Waals surface area contributed by atoms with E-state index in [-0.39, 0.29) is 5.56 Å². The van der Waals surface area contributed by atoms with E-state index < -0.39 is 5.97 Å². The highest BCUT2D eigenvalue weighted by Gasteiger charge is 2.17. The van der Waals surface area contributed by atoms with E-state index in [4.69, 9.17) is 10.1 Å². The van der Waals surface area contributed by atoms with Crippen LogP contribution in [0.1, 0.15) is 61.3 Å². The highest BCUT2D eigenvalue weighted by Crippen LogP contribution is 2.30. The Hall–Kier alpha value is -2.95. The number of hydrogen-bond acceptors (Lipinski definition) is 3. The lowest BCUT2D eigenvalue weighted by Crippen LogP contribution is -2.07. The van der Waals surface area contributed by atoms with Crippen molar-refractivity contribution in [3.05, 3.63) is 59.7 Å². The van der Waals surface area contributed by atoms with Crippen molar-refractivity contribution in [3.8, 4) is 22.5 Å². The first kappa shape index (κ1) is 18.8. The van der Waals surface area contributed by atoms with Gasteiger partial charge in [0.15, 0.2) is 0 Å². The van der Waals surface area contributed by atoms with Gasteiger partial charge in [-0.15, -0.1) is 0 Å². The molecule has 2 heterocycles. The summed E-state index contributed by atoms with van der Waals surface area (Å²) in [5, 5.41) is 9.06. The molecule has 0 atom stereocenters. The zero-order valence-corrected chi connectivity index (χ0v) is 16.4. The van der Waals surface area contributed by atoms with Gasteiger partial charge in [-0.1, -0.05) is 39.8 Å². The Labute approximate surface area is 159 Å². The summed E-state index contributed by atoms with van der Waals surface area (Å²) >= 11 is 0. The number of benzene rings is 1. The summed E-state index contributed by atoms with van der Waals surface area (Å²) in [4.78, 5) is 20.6. The Balaban J connectivity index is 2.01. The number of hydrogen-bond donors (Lipinski definition) is 1. The number of aromatic carboxylic acids is 1. The fraction of sp³-hybridized carbons (Fsp3) is 0.318. The van der Waals surface area contributed by atoms with Gasteiger partial charge in [0.2, 0.25) is 0 Å². The predicted octanol–water partition coefficient (Wildman–Crippen LogP) is 5.09. The smallest absolute Gasteiger partial charge is 0.335 e. The van der Waals surface area contributed by atoms with E-state index in [1.54, 1.807) is 12.1 Å². The normalized spacial score (nSPS) is 11.4. The fourth-order valence-electron chi connectivity index (χ4n) is 3.19. The standard InChI is InChI=1S/C22H25N3O2/c1-13(2)20-21(14(3)4)24-18(11-23-20)19-10-17(12-25(19)5)15-6-8-16(9-7-15)22(26)27/h6-14H,1-5H3,(H,26,27). The minimum atomic E-state index is -0.919. The molecule has 27 heavy (non-hydrogen) atoms. The van der Waals surface area contributed by atoms with E-state index in [9.17, 15) is 4.79 Å². The molecule has 0 fully saturated rings. The van der Waals surface area contributed by atoms with Crippen LogP contribution in [0.3, 0.4) is 0 Å². The summed E-state index contributed by atoms with van der Waals surface area (Å²) in [6.07, 6.45) is 3.87. The second-order valence-electron chi connectivity index (χ2n) is 7.44. The zero-order chi connectivity index (χ0) is 19.7. The van der Waals surface area contributed by atoms with Crippen molar-refractivity contribution in [1.29, 1.82) is 0 Å². The molecular weight excluding hydrogens is 338 g/mol. The maximum atomic E-state index is 11.0. The summed E-state index contributed by atoms with van der Waals surface area (Å²) in [6, 6.07) is 8.97. The summed E-state index contributed by atoms with van der Waals surface area (Å²) in [6.45, 7) is 8.55. The predicted molar refractivity (Wildman–Crippen MR) is 107 cm³/mol. The molecule has 0 aliphatic carbocycles. The Morgan fingerprint density at radius 1 is 1.00 bits per heavy atom. The van der Waals surface area contributed by atoms with Crippen molar-refractivity contribution >= 4 is 5.97 Å². The van der Waals surface area contributed by atoms with Crippen LogP contribution >= 0.6 is 0 Å². The number of rotatable bonds is 5.